The second kappa shape index (κ2) is 6.33. The number of thioether (sulfide) groups is 1. The van der Waals surface area contributed by atoms with Crippen LogP contribution >= 0.6 is 35.0 Å². The van der Waals surface area contributed by atoms with E-state index >= 15 is 0 Å². The first-order valence-corrected chi connectivity index (χ1v) is 7.71. The Labute approximate surface area is 117 Å². The van der Waals surface area contributed by atoms with Crippen molar-refractivity contribution < 1.29 is 5.11 Å². The molecule has 0 radical (unpaired) electrons. The number of halogens is 2. The van der Waals surface area contributed by atoms with E-state index in [-0.39, 0.29) is 6.10 Å². The Bertz CT molecular complexity index is 378. The Kier molecular flexibility index (Phi) is 5.04. The Morgan fingerprint density at radius 1 is 1.35 bits per heavy atom. The van der Waals surface area contributed by atoms with Crippen LogP contribution in [0.3, 0.4) is 0 Å². The molecule has 0 aliphatic carbocycles. The zero-order valence-corrected chi connectivity index (χ0v) is 11.9. The Morgan fingerprint density at radius 3 is 2.88 bits per heavy atom. The summed E-state index contributed by atoms with van der Waals surface area (Å²) < 4.78 is 0. The molecule has 94 valence electrons. The van der Waals surface area contributed by atoms with Crippen LogP contribution in [0.2, 0.25) is 10.0 Å². The summed E-state index contributed by atoms with van der Waals surface area (Å²) in [5.41, 5.74) is 0.942. The summed E-state index contributed by atoms with van der Waals surface area (Å²) >= 11 is 13.9. The number of hydrogen-bond donors (Lipinski definition) is 1. The third-order valence-corrected chi connectivity index (χ3v) is 5.19. The van der Waals surface area contributed by atoms with E-state index in [1.54, 1.807) is 12.1 Å². The fourth-order valence-corrected chi connectivity index (χ4v) is 3.84. The van der Waals surface area contributed by atoms with E-state index in [2.05, 4.69) is 0 Å². The van der Waals surface area contributed by atoms with Gasteiger partial charge in [-0.3, -0.25) is 0 Å². The van der Waals surface area contributed by atoms with Gasteiger partial charge in [0.05, 0.1) is 6.10 Å². The highest BCUT2D eigenvalue weighted by Crippen LogP contribution is 2.30. The van der Waals surface area contributed by atoms with E-state index in [4.69, 9.17) is 23.2 Å². The SMILES string of the molecule is OC(Cc1cc(Cl)ccc1Cl)C1CCCCS1. The Morgan fingerprint density at radius 2 is 2.18 bits per heavy atom. The van der Waals surface area contributed by atoms with Crippen LogP contribution in [0, 0.1) is 0 Å². The van der Waals surface area contributed by atoms with Crippen molar-refractivity contribution in [3.05, 3.63) is 33.8 Å². The van der Waals surface area contributed by atoms with Crippen molar-refractivity contribution in [2.75, 3.05) is 5.75 Å². The van der Waals surface area contributed by atoms with Crippen molar-refractivity contribution >= 4 is 35.0 Å². The molecule has 0 spiro atoms. The van der Waals surface area contributed by atoms with Crippen LogP contribution in [0.25, 0.3) is 0 Å². The van der Waals surface area contributed by atoms with E-state index in [1.807, 2.05) is 17.8 Å². The monoisotopic (exact) mass is 290 g/mol. The molecule has 1 aliphatic rings. The molecule has 1 N–H and O–H groups in total. The lowest BCUT2D eigenvalue weighted by molar-refractivity contribution is 0.166. The van der Waals surface area contributed by atoms with Crippen LogP contribution in [-0.2, 0) is 6.42 Å². The third-order valence-electron chi connectivity index (χ3n) is 3.08. The number of hydrogen-bond acceptors (Lipinski definition) is 2. The quantitative estimate of drug-likeness (QED) is 0.901. The largest absolute Gasteiger partial charge is 0.392 e. The minimum absolute atomic E-state index is 0.323. The number of aliphatic hydroxyl groups excluding tert-OH is 1. The standard InChI is InChI=1S/C13H16Cl2OS/c14-10-4-5-11(15)9(7-10)8-12(16)13-3-1-2-6-17-13/h4-5,7,12-13,16H,1-3,6,8H2. The molecule has 17 heavy (non-hydrogen) atoms. The fourth-order valence-electron chi connectivity index (χ4n) is 2.13. The van der Waals surface area contributed by atoms with Crippen molar-refractivity contribution in [3.8, 4) is 0 Å². The zero-order chi connectivity index (χ0) is 12.3. The normalized spacial score (nSPS) is 22.4. The van der Waals surface area contributed by atoms with Gasteiger partial charge in [0.2, 0.25) is 0 Å². The molecule has 2 rings (SSSR count). The molecule has 2 unspecified atom stereocenters. The molecule has 0 amide bonds. The molecular weight excluding hydrogens is 275 g/mol. The first-order chi connectivity index (χ1) is 8.16. The van der Waals surface area contributed by atoms with E-state index in [0.717, 1.165) is 17.7 Å². The average molecular weight is 291 g/mol. The summed E-state index contributed by atoms with van der Waals surface area (Å²) in [6.07, 6.45) is 3.86. The molecule has 1 saturated heterocycles. The van der Waals surface area contributed by atoms with Crippen LogP contribution in [0.4, 0.5) is 0 Å². The minimum atomic E-state index is -0.323. The molecule has 0 aromatic heterocycles. The summed E-state index contributed by atoms with van der Waals surface area (Å²) in [4.78, 5) is 0. The maximum atomic E-state index is 10.2. The van der Waals surface area contributed by atoms with Crippen molar-refractivity contribution in [2.24, 2.45) is 0 Å². The number of rotatable bonds is 3. The molecule has 1 heterocycles. The Balaban J connectivity index is 2.01. The van der Waals surface area contributed by atoms with Crippen molar-refractivity contribution in [2.45, 2.75) is 37.0 Å². The molecule has 2 atom stereocenters. The highest BCUT2D eigenvalue weighted by atomic mass is 35.5. The predicted molar refractivity (Wildman–Crippen MR) is 76.3 cm³/mol. The maximum absolute atomic E-state index is 10.2. The van der Waals surface area contributed by atoms with Gasteiger partial charge < -0.3 is 5.11 Å². The Hall–Kier alpha value is 0.110. The van der Waals surface area contributed by atoms with Gasteiger partial charge in [-0.25, -0.2) is 0 Å². The molecule has 0 bridgehead atoms. The second-order valence-electron chi connectivity index (χ2n) is 4.41. The molecule has 4 heteroatoms. The lowest BCUT2D eigenvalue weighted by Gasteiger charge is -2.26. The summed E-state index contributed by atoms with van der Waals surface area (Å²) in [6, 6.07) is 5.41. The summed E-state index contributed by atoms with van der Waals surface area (Å²) in [5.74, 6) is 1.16. The topological polar surface area (TPSA) is 20.2 Å². The highest BCUT2D eigenvalue weighted by Gasteiger charge is 2.23. The minimum Gasteiger partial charge on any atom is -0.392 e. The number of aliphatic hydroxyl groups is 1. The molecule has 1 nitrogen and oxygen atoms in total. The van der Waals surface area contributed by atoms with Crippen LogP contribution in [0.5, 0.6) is 0 Å². The molecule has 1 aromatic carbocycles. The predicted octanol–water partition coefficient (Wildman–Crippen LogP) is 4.18. The summed E-state index contributed by atoms with van der Waals surface area (Å²) in [5, 5.41) is 11.9. The maximum Gasteiger partial charge on any atom is 0.0699 e. The summed E-state index contributed by atoms with van der Waals surface area (Å²) in [6.45, 7) is 0. The van der Waals surface area contributed by atoms with Gasteiger partial charge in [0, 0.05) is 21.7 Å². The van der Waals surface area contributed by atoms with E-state index in [9.17, 15) is 5.11 Å². The van der Waals surface area contributed by atoms with E-state index in [0.29, 0.717) is 21.7 Å². The lowest BCUT2D eigenvalue weighted by Crippen LogP contribution is -2.28. The lowest BCUT2D eigenvalue weighted by atomic mass is 10.0. The van der Waals surface area contributed by atoms with Gasteiger partial charge in [-0.2, -0.15) is 11.8 Å². The summed E-state index contributed by atoms with van der Waals surface area (Å²) in [7, 11) is 0. The zero-order valence-electron chi connectivity index (χ0n) is 9.53. The van der Waals surface area contributed by atoms with Crippen molar-refractivity contribution in [1.82, 2.24) is 0 Å². The fraction of sp³-hybridized carbons (Fsp3) is 0.538. The first-order valence-electron chi connectivity index (χ1n) is 5.90. The second-order valence-corrected chi connectivity index (χ2v) is 6.60. The highest BCUT2D eigenvalue weighted by molar-refractivity contribution is 8.00. The van der Waals surface area contributed by atoms with Crippen molar-refractivity contribution in [1.29, 1.82) is 0 Å². The molecular formula is C13H16Cl2OS. The molecule has 1 aliphatic heterocycles. The molecule has 1 aromatic rings. The van der Waals surface area contributed by atoms with Gasteiger partial charge >= 0.3 is 0 Å². The van der Waals surface area contributed by atoms with Gasteiger partial charge in [-0.15, -0.1) is 0 Å². The van der Waals surface area contributed by atoms with E-state index in [1.165, 1.54) is 12.8 Å². The first kappa shape index (κ1) is 13.5. The van der Waals surface area contributed by atoms with Gasteiger partial charge in [0.1, 0.15) is 0 Å². The average Bonchev–Trinajstić information content (AvgIpc) is 2.35. The van der Waals surface area contributed by atoms with Crippen LogP contribution < -0.4 is 0 Å². The van der Waals surface area contributed by atoms with Crippen LogP contribution in [0.1, 0.15) is 24.8 Å². The smallest absolute Gasteiger partial charge is 0.0699 e. The molecule has 1 fully saturated rings. The van der Waals surface area contributed by atoms with Gasteiger partial charge in [0.15, 0.2) is 0 Å². The van der Waals surface area contributed by atoms with Gasteiger partial charge in [-0.1, -0.05) is 29.6 Å². The van der Waals surface area contributed by atoms with Gasteiger partial charge in [0.25, 0.3) is 0 Å². The molecule has 0 saturated carbocycles. The third kappa shape index (κ3) is 3.78. The van der Waals surface area contributed by atoms with Crippen LogP contribution in [-0.4, -0.2) is 22.2 Å². The number of benzene rings is 1. The van der Waals surface area contributed by atoms with Crippen LogP contribution in [0.15, 0.2) is 18.2 Å². The van der Waals surface area contributed by atoms with E-state index < -0.39 is 0 Å². The van der Waals surface area contributed by atoms with Gasteiger partial charge in [-0.05, 0) is 42.4 Å². The van der Waals surface area contributed by atoms with Crippen molar-refractivity contribution in [3.63, 3.8) is 0 Å².